The van der Waals surface area contributed by atoms with Crippen molar-refractivity contribution in [1.29, 1.82) is 0 Å². The standard InChI is InChI=1S/C20H25N3O3/c24-13-12-21-9-3-7-20(19(21)26)8-11-23(15-20)18(25)14-22-10-6-16-4-1-2-5-17(16)22/h1-2,4-6,10,24H,3,7-9,11-15H2. The van der Waals surface area contributed by atoms with Crippen molar-refractivity contribution in [3.05, 3.63) is 36.5 Å². The van der Waals surface area contributed by atoms with Gasteiger partial charge >= 0.3 is 0 Å². The Morgan fingerprint density at radius 3 is 2.85 bits per heavy atom. The molecule has 26 heavy (non-hydrogen) atoms. The van der Waals surface area contributed by atoms with Crippen molar-refractivity contribution in [2.45, 2.75) is 25.8 Å². The summed E-state index contributed by atoms with van der Waals surface area (Å²) < 4.78 is 1.98. The molecule has 4 rings (SSSR count). The summed E-state index contributed by atoms with van der Waals surface area (Å²) in [7, 11) is 0. The van der Waals surface area contributed by atoms with E-state index in [-0.39, 0.29) is 18.4 Å². The van der Waals surface area contributed by atoms with Crippen LogP contribution >= 0.6 is 0 Å². The number of β-amino-alcohol motifs (C(OH)–C–C–N with tert-alkyl or cyclic N) is 1. The number of carbonyl (C=O) groups is 2. The molecule has 1 atom stereocenters. The van der Waals surface area contributed by atoms with Gasteiger partial charge in [0.1, 0.15) is 6.54 Å². The summed E-state index contributed by atoms with van der Waals surface area (Å²) in [6, 6.07) is 10.0. The molecule has 1 spiro atoms. The van der Waals surface area contributed by atoms with E-state index in [4.69, 9.17) is 0 Å². The summed E-state index contributed by atoms with van der Waals surface area (Å²) in [5.74, 6) is 0.176. The van der Waals surface area contributed by atoms with E-state index >= 15 is 0 Å². The fraction of sp³-hybridized carbons (Fsp3) is 0.500. The van der Waals surface area contributed by atoms with Crippen molar-refractivity contribution < 1.29 is 14.7 Å². The minimum absolute atomic E-state index is 0.00876. The Bertz CT molecular complexity index is 829. The van der Waals surface area contributed by atoms with Crippen molar-refractivity contribution in [3.63, 3.8) is 0 Å². The molecule has 3 heterocycles. The Labute approximate surface area is 153 Å². The van der Waals surface area contributed by atoms with Crippen LogP contribution in [0.2, 0.25) is 0 Å². The van der Waals surface area contributed by atoms with Gasteiger partial charge in [-0.3, -0.25) is 9.59 Å². The number of amides is 2. The number of para-hydroxylation sites is 1. The highest BCUT2D eigenvalue weighted by Gasteiger charge is 2.49. The minimum atomic E-state index is -0.443. The lowest BCUT2D eigenvalue weighted by molar-refractivity contribution is -0.146. The zero-order valence-electron chi connectivity index (χ0n) is 14.9. The lowest BCUT2D eigenvalue weighted by atomic mass is 9.78. The first-order chi connectivity index (χ1) is 12.6. The van der Waals surface area contributed by atoms with E-state index in [1.54, 1.807) is 4.90 Å². The van der Waals surface area contributed by atoms with Crippen molar-refractivity contribution in [2.75, 3.05) is 32.8 Å². The van der Waals surface area contributed by atoms with Gasteiger partial charge in [-0.05, 0) is 36.8 Å². The highest BCUT2D eigenvalue weighted by Crippen LogP contribution is 2.40. The number of hydrogen-bond acceptors (Lipinski definition) is 3. The number of carbonyl (C=O) groups excluding carboxylic acids is 2. The Balaban J connectivity index is 1.46. The molecular weight excluding hydrogens is 330 g/mol. The van der Waals surface area contributed by atoms with E-state index in [9.17, 15) is 14.7 Å². The second-order valence-corrected chi connectivity index (χ2v) is 7.47. The van der Waals surface area contributed by atoms with Crippen molar-refractivity contribution in [3.8, 4) is 0 Å². The van der Waals surface area contributed by atoms with E-state index in [1.165, 1.54) is 0 Å². The molecule has 2 fully saturated rings. The van der Waals surface area contributed by atoms with E-state index in [0.717, 1.165) is 30.2 Å². The molecule has 2 aromatic rings. The van der Waals surface area contributed by atoms with Crippen molar-refractivity contribution in [2.24, 2.45) is 5.41 Å². The van der Waals surface area contributed by atoms with Gasteiger partial charge in [-0.15, -0.1) is 0 Å². The largest absolute Gasteiger partial charge is 0.395 e. The molecule has 2 amide bonds. The summed E-state index contributed by atoms with van der Waals surface area (Å²) in [6.07, 6.45) is 4.45. The molecule has 2 aliphatic heterocycles. The molecule has 1 unspecified atom stereocenters. The average molecular weight is 355 g/mol. The number of hydrogen-bond donors (Lipinski definition) is 1. The summed E-state index contributed by atoms with van der Waals surface area (Å²) in [5.41, 5.74) is 0.611. The van der Waals surface area contributed by atoms with Crippen LogP contribution in [0.1, 0.15) is 19.3 Å². The molecule has 1 N–H and O–H groups in total. The normalized spacial score (nSPS) is 23.3. The Hall–Kier alpha value is -2.34. The van der Waals surface area contributed by atoms with Crippen LogP contribution in [0.3, 0.4) is 0 Å². The first-order valence-corrected chi connectivity index (χ1v) is 9.35. The third kappa shape index (κ3) is 2.88. The SMILES string of the molecule is O=C(Cn1ccc2ccccc21)N1CCC2(CCCN(CCO)C2=O)C1. The lowest BCUT2D eigenvalue weighted by Crippen LogP contribution is -2.51. The fourth-order valence-corrected chi connectivity index (χ4v) is 4.47. The summed E-state index contributed by atoms with van der Waals surface area (Å²) in [4.78, 5) is 29.3. The number of aliphatic hydroxyl groups is 1. The van der Waals surface area contributed by atoms with Crippen LogP contribution in [0.5, 0.6) is 0 Å². The van der Waals surface area contributed by atoms with Gasteiger partial charge in [-0.1, -0.05) is 18.2 Å². The smallest absolute Gasteiger partial charge is 0.242 e. The molecule has 0 aliphatic carbocycles. The zero-order valence-corrected chi connectivity index (χ0v) is 14.9. The van der Waals surface area contributed by atoms with E-state index in [2.05, 4.69) is 0 Å². The first kappa shape index (κ1) is 17.1. The van der Waals surface area contributed by atoms with Gasteiger partial charge in [0.25, 0.3) is 0 Å². The number of benzene rings is 1. The monoisotopic (exact) mass is 355 g/mol. The first-order valence-electron chi connectivity index (χ1n) is 9.35. The number of rotatable bonds is 4. The van der Waals surface area contributed by atoms with Gasteiger partial charge in [-0.25, -0.2) is 0 Å². The summed E-state index contributed by atoms with van der Waals surface area (Å²) in [6.45, 7) is 2.54. The number of likely N-dealkylation sites (tertiary alicyclic amines) is 2. The maximum Gasteiger partial charge on any atom is 0.242 e. The van der Waals surface area contributed by atoms with Gasteiger partial charge in [0, 0.05) is 37.9 Å². The van der Waals surface area contributed by atoms with Crippen LogP contribution in [0, 0.1) is 5.41 Å². The lowest BCUT2D eigenvalue weighted by Gasteiger charge is -2.39. The van der Waals surface area contributed by atoms with Gasteiger partial charge in [0.2, 0.25) is 11.8 Å². The Morgan fingerprint density at radius 1 is 1.15 bits per heavy atom. The molecule has 1 aromatic heterocycles. The van der Waals surface area contributed by atoms with Crippen LogP contribution in [0.4, 0.5) is 0 Å². The molecule has 138 valence electrons. The highest BCUT2D eigenvalue weighted by molar-refractivity contribution is 5.87. The number of aromatic nitrogens is 1. The van der Waals surface area contributed by atoms with Crippen molar-refractivity contribution >= 4 is 22.7 Å². The second kappa shape index (κ2) is 6.76. The Kier molecular flexibility index (Phi) is 4.44. The second-order valence-electron chi connectivity index (χ2n) is 7.47. The number of fused-ring (bicyclic) bond motifs is 1. The molecule has 6 heteroatoms. The van der Waals surface area contributed by atoms with Gasteiger partial charge in [0.05, 0.1) is 12.0 Å². The third-order valence-electron chi connectivity index (χ3n) is 5.89. The van der Waals surface area contributed by atoms with Crippen LogP contribution in [-0.2, 0) is 16.1 Å². The number of aliphatic hydroxyl groups excluding tert-OH is 1. The molecule has 0 saturated carbocycles. The van der Waals surface area contributed by atoms with Crippen molar-refractivity contribution in [1.82, 2.24) is 14.4 Å². The molecule has 0 radical (unpaired) electrons. The van der Waals surface area contributed by atoms with Gasteiger partial charge in [0.15, 0.2) is 0 Å². The van der Waals surface area contributed by atoms with Gasteiger partial charge < -0.3 is 19.5 Å². The van der Waals surface area contributed by atoms with Crippen LogP contribution in [0.25, 0.3) is 10.9 Å². The number of piperidine rings is 1. The van der Waals surface area contributed by atoms with Crippen LogP contribution in [0.15, 0.2) is 36.5 Å². The predicted molar refractivity (Wildman–Crippen MR) is 98.5 cm³/mol. The molecule has 6 nitrogen and oxygen atoms in total. The maximum atomic E-state index is 12.9. The minimum Gasteiger partial charge on any atom is -0.395 e. The topological polar surface area (TPSA) is 65.8 Å². The molecule has 1 aromatic carbocycles. The third-order valence-corrected chi connectivity index (χ3v) is 5.89. The molecule has 0 bridgehead atoms. The van der Waals surface area contributed by atoms with Crippen LogP contribution in [-0.4, -0.2) is 64.1 Å². The van der Waals surface area contributed by atoms with E-state index < -0.39 is 5.41 Å². The summed E-state index contributed by atoms with van der Waals surface area (Å²) >= 11 is 0. The molecular formula is C20H25N3O3. The maximum absolute atomic E-state index is 12.9. The average Bonchev–Trinajstić information content (AvgIpc) is 3.25. The Morgan fingerprint density at radius 2 is 2.00 bits per heavy atom. The highest BCUT2D eigenvalue weighted by atomic mass is 16.3. The summed E-state index contributed by atoms with van der Waals surface area (Å²) in [5, 5.41) is 10.3. The molecule has 2 aliphatic rings. The van der Waals surface area contributed by atoms with Gasteiger partial charge in [-0.2, -0.15) is 0 Å². The fourth-order valence-electron chi connectivity index (χ4n) is 4.47. The van der Waals surface area contributed by atoms with E-state index in [1.807, 2.05) is 46.0 Å². The van der Waals surface area contributed by atoms with E-state index in [0.29, 0.717) is 32.7 Å². The van der Waals surface area contributed by atoms with Crippen LogP contribution < -0.4 is 0 Å². The predicted octanol–water partition coefficient (Wildman–Crippen LogP) is 1.47. The quantitative estimate of drug-likeness (QED) is 0.903. The number of nitrogens with zero attached hydrogens (tertiary/aromatic N) is 3. The molecule has 2 saturated heterocycles. The zero-order chi connectivity index (χ0) is 18.1.